The fraction of sp³-hybridized carbons (Fsp3) is 0.480. The number of ether oxygens (including phenoxy) is 1. The second kappa shape index (κ2) is 9.09. The third-order valence-corrected chi connectivity index (χ3v) is 6.70. The van der Waals surface area contributed by atoms with Crippen LogP contribution >= 0.6 is 0 Å². The average molecular weight is 451 g/mol. The summed E-state index contributed by atoms with van der Waals surface area (Å²) in [6.45, 7) is 7.52. The number of anilines is 4. The summed E-state index contributed by atoms with van der Waals surface area (Å²) in [6, 6.07) is 8.39. The predicted octanol–water partition coefficient (Wildman–Crippen LogP) is 4.67. The first-order valence-corrected chi connectivity index (χ1v) is 11.7. The molecule has 5 rings (SSSR count). The molecular formula is C25H31FN6O. The van der Waals surface area contributed by atoms with Crippen molar-refractivity contribution in [1.82, 2.24) is 15.0 Å². The maximum atomic E-state index is 14.4. The minimum atomic E-state index is -1.05. The van der Waals surface area contributed by atoms with Crippen molar-refractivity contribution in [1.29, 1.82) is 0 Å². The number of nitrogens with one attached hydrogen (secondary N) is 1. The quantitative estimate of drug-likeness (QED) is 0.586. The van der Waals surface area contributed by atoms with Crippen LogP contribution in [0.25, 0.3) is 10.8 Å². The summed E-state index contributed by atoms with van der Waals surface area (Å²) in [5, 5.41) is 5.72. The zero-order chi connectivity index (χ0) is 22.9. The molecule has 33 heavy (non-hydrogen) atoms. The van der Waals surface area contributed by atoms with Gasteiger partial charge in [-0.15, -0.1) is 0 Å². The molecule has 2 atom stereocenters. The maximum absolute atomic E-state index is 14.4. The van der Waals surface area contributed by atoms with Crippen molar-refractivity contribution < 1.29 is 9.13 Å². The van der Waals surface area contributed by atoms with Crippen molar-refractivity contribution in [3.63, 3.8) is 0 Å². The summed E-state index contributed by atoms with van der Waals surface area (Å²) < 4.78 is 19.6. The number of hydrogen-bond donors (Lipinski definition) is 1. The minimum absolute atomic E-state index is 0.229. The Balaban J connectivity index is 1.41. The van der Waals surface area contributed by atoms with Gasteiger partial charge in [-0.25, -0.2) is 14.4 Å². The molecule has 0 amide bonds. The highest BCUT2D eigenvalue weighted by Crippen LogP contribution is 2.36. The molecule has 0 saturated carbocycles. The van der Waals surface area contributed by atoms with E-state index in [0.717, 1.165) is 18.9 Å². The van der Waals surface area contributed by atoms with E-state index in [1.165, 1.54) is 28.4 Å². The molecule has 3 aromatic rings. The Morgan fingerprint density at radius 1 is 1.06 bits per heavy atom. The van der Waals surface area contributed by atoms with Gasteiger partial charge in [0.25, 0.3) is 0 Å². The highest BCUT2D eigenvalue weighted by Gasteiger charge is 2.30. The second-order valence-corrected chi connectivity index (χ2v) is 9.18. The summed E-state index contributed by atoms with van der Waals surface area (Å²) in [4.78, 5) is 18.0. The minimum Gasteiger partial charge on any atom is -0.378 e. The Hall–Kier alpha value is -3.00. The summed E-state index contributed by atoms with van der Waals surface area (Å²) >= 11 is 0. The number of alkyl halides is 1. The average Bonchev–Trinajstić information content (AvgIpc) is 2.78. The van der Waals surface area contributed by atoms with E-state index in [2.05, 4.69) is 52.2 Å². The first-order valence-electron chi connectivity index (χ1n) is 11.7. The summed E-state index contributed by atoms with van der Waals surface area (Å²) in [5.74, 6) is 2.29. The van der Waals surface area contributed by atoms with E-state index in [4.69, 9.17) is 9.72 Å². The normalized spacial score (nSPS) is 20.9. The molecule has 8 heteroatoms. The van der Waals surface area contributed by atoms with Gasteiger partial charge in [-0.1, -0.05) is 19.9 Å². The summed E-state index contributed by atoms with van der Waals surface area (Å²) in [5.41, 5.74) is 2.56. The molecule has 0 bridgehead atoms. The first kappa shape index (κ1) is 21.8. The van der Waals surface area contributed by atoms with Gasteiger partial charge < -0.3 is 19.9 Å². The number of hydrogen-bond acceptors (Lipinski definition) is 7. The molecule has 2 aromatic heterocycles. The lowest BCUT2D eigenvalue weighted by Crippen LogP contribution is -2.46. The Morgan fingerprint density at radius 2 is 1.91 bits per heavy atom. The van der Waals surface area contributed by atoms with Gasteiger partial charge in [-0.05, 0) is 47.9 Å². The zero-order valence-corrected chi connectivity index (χ0v) is 19.5. The number of piperidine rings is 1. The third-order valence-electron chi connectivity index (χ3n) is 6.70. The lowest BCUT2D eigenvalue weighted by molar-refractivity contribution is 0.0194. The third kappa shape index (κ3) is 4.31. The molecule has 1 N–H and O–H groups in total. The lowest BCUT2D eigenvalue weighted by atomic mass is 9.95. The molecule has 0 spiro atoms. The molecular weight excluding hydrogens is 419 g/mol. The molecule has 2 fully saturated rings. The van der Waals surface area contributed by atoms with Crippen LogP contribution in [0.2, 0.25) is 0 Å². The number of methoxy groups -OCH3 is 1. The molecule has 7 nitrogen and oxygen atoms in total. The number of nitrogens with zero attached hydrogens (tertiary/aromatic N) is 5. The largest absolute Gasteiger partial charge is 0.378 e. The molecule has 0 aliphatic carbocycles. The standard InChI is InChI=1S/C25H31FN6O/c1-16(2)17-5-6-21(31-10-4-11-31)19-14-28-24(13-18(17)19)29-23-7-9-27-25(30-23)32-12-8-22(33-3)20(26)15-32/h5-7,9,13-14,16,20,22H,4,8,10-12,15H2,1-3H3,(H,27,28,29,30)/t20-,22+/m1/s1. The van der Waals surface area contributed by atoms with Crippen LogP contribution in [0, 0.1) is 0 Å². The van der Waals surface area contributed by atoms with E-state index in [9.17, 15) is 4.39 Å². The van der Waals surface area contributed by atoms with Crippen molar-refractivity contribution in [2.45, 2.75) is 44.9 Å². The van der Waals surface area contributed by atoms with Gasteiger partial charge in [-0.3, -0.25) is 0 Å². The van der Waals surface area contributed by atoms with Crippen molar-refractivity contribution in [2.75, 3.05) is 48.4 Å². The lowest BCUT2D eigenvalue weighted by Gasteiger charge is -2.34. The fourth-order valence-corrected chi connectivity index (χ4v) is 4.68. The summed E-state index contributed by atoms with van der Waals surface area (Å²) in [6.07, 6.45) is 4.10. The van der Waals surface area contributed by atoms with Crippen molar-refractivity contribution >= 4 is 34.0 Å². The van der Waals surface area contributed by atoms with Crippen LogP contribution in [0.3, 0.4) is 0 Å². The number of halogens is 1. The number of fused-ring (bicyclic) bond motifs is 1. The van der Waals surface area contributed by atoms with Crippen molar-refractivity contribution in [2.24, 2.45) is 0 Å². The molecule has 1 aromatic carbocycles. The van der Waals surface area contributed by atoms with E-state index >= 15 is 0 Å². The highest BCUT2D eigenvalue weighted by atomic mass is 19.1. The Morgan fingerprint density at radius 3 is 2.61 bits per heavy atom. The number of pyridine rings is 1. The van der Waals surface area contributed by atoms with Gasteiger partial charge in [0.2, 0.25) is 5.95 Å². The monoisotopic (exact) mass is 450 g/mol. The molecule has 2 aliphatic heterocycles. The fourth-order valence-electron chi connectivity index (χ4n) is 4.68. The van der Waals surface area contributed by atoms with Gasteiger partial charge in [-0.2, -0.15) is 4.98 Å². The van der Waals surface area contributed by atoms with E-state index < -0.39 is 6.17 Å². The van der Waals surface area contributed by atoms with Crippen LogP contribution in [0.1, 0.15) is 38.2 Å². The number of rotatable bonds is 6. The van der Waals surface area contributed by atoms with E-state index in [-0.39, 0.29) is 12.6 Å². The molecule has 2 saturated heterocycles. The van der Waals surface area contributed by atoms with Gasteiger partial charge in [0.05, 0.1) is 12.6 Å². The number of benzene rings is 1. The Kier molecular flexibility index (Phi) is 6.01. The molecule has 0 radical (unpaired) electrons. The maximum Gasteiger partial charge on any atom is 0.227 e. The Labute approximate surface area is 194 Å². The van der Waals surface area contributed by atoms with Crippen molar-refractivity contribution in [3.8, 4) is 0 Å². The van der Waals surface area contributed by atoms with Crippen LogP contribution < -0.4 is 15.1 Å². The molecule has 0 unspecified atom stereocenters. The van der Waals surface area contributed by atoms with Crippen LogP contribution in [0.4, 0.5) is 27.7 Å². The van der Waals surface area contributed by atoms with Crippen LogP contribution in [0.5, 0.6) is 0 Å². The van der Waals surface area contributed by atoms with E-state index in [0.29, 0.717) is 30.6 Å². The number of aromatic nitrogens is 3. The van der Waals surface area contributed by atoms with Gasteiger partial charge >= 0.3 is 0 Å². The SMILES string of the molecule is CO[C@H]1CCN(c2nccc(Nc3cc4c(C(C)C)ccc(N5CCC5)c4cn3)n2)C[C@H]1F. The molecule has 4 heterocycles. The van der Waals surface area contributed by atoms with E-state index in [1.807, 2.05) is 17.2 Å². The highest BCUT2D eigenvalue weighted by molar-refractivity contribution is 5.98. The smallest absolute Gasteiger partial charge is 0.227 e. The van der Waals surface area contributed by atoms with Crippen LogP contribution in [0.15, 0.2) is 36.7 Å². The van der Waals surface area contributed by atoms with Gasteiger partial charge in [0.1, 0.15) is 17.8 Å². The van der Waals surface area contributed by atoms with Gasteiger partial charge in [0.15, 0.2) is 0 Å². The Bertz CT molecular complexity index is 1140. The topological polar surface area (TPSA) is 66.4 Å². The zero-order valence-electron chi connectivity index (χ0n) is 19.5. The van der Waals surface area contributed by atoms with Crippen LogP contribution in [-0.4, -0.2) is 60.5 Å². The van der Waals surface area contributed by atoms with E-state index in [1.54, 1.807) is 13.3 Å². The molecule has 2 aliphatic rings. The van der Waals surface area contributed by atoms with Crippen LogP contribution in [-0.2, 0) is 4.74 Å². The predicted molar refractivity (Wildman–Crippen MR) is 130 cm³/mol. The summed E-state index contributed by atoms with van der Waals surface area (Å²) in [7, 11) is 1.56. The second-order valence-electron chi connectivity index (χ2n) is 9.18. The first-order chi connectivity index (χ1) is 16.0. The van der Waals surface area contributed by atoms with Gasteiger partial charge in [0, 0.05) is 50.2 Å². The van der Waals surface area contributed by atoms with Crippen molar-refractivity contribution in [3.05, 3.63) is 42.2 Å². The molecule has 174 valence electrons.